The molecule has 0 radical (unpaired) electrons. The Bertz CT molecular complexity index is 424. The average Bonchev–Trinajstić information content (AvgIpc) is 2.62. The van der Waals surface area contributed by atoms with Gasteiger partial charge in [-0.05, 0) is 37.0 Å². The van der Waals surface area contributed by atoms with Crippen LogP contribution in [0.3, 0.4) is 0 Å². The van der Waals surface area contributed by atoms with E-state index < -0.39 is 29.1 Å². The van der Waals surface area contributed by atoms with E-state index in [0.29, 0.717) is 15.8 Å². The van der Waals surface area contributed by atoms with Crippen LogP contribution in [-0.4, -0.2) is 37.0 Å². The fourth-order valence-corrected chi connectivity index (χ4v) is 4.52. The summed E-state index contributed by atoms with van der Waals surface area (Å²) in [4.78, 5) is 0. The molecule has 0 nitrogen and oxygen atoms in total. The second-order valence-corrected chi connectivity index (χ2v) is 11.4. The molecule has 0 aliphatic rings. The summed E-state index contributed by atoms with van der Waals surface area (Å²) < 4.78 is 59.9. The fourth-order valence-electron chi connectivity index (χ4n) is 1.84. The molecule has 0 aromatic heterocycles. The zero-order valence-corrected chi connectivity index (χ0v) is 20.3. The van der Waals surface area contributed by atoms with Crippen molar-refractivity contribution < 1.29 is 50.9 Å². The largest absolute Gasteiger partial charge is 2.00 e. The Morgan fingerprint density at radius 2 is 0.778 bits per heavy atom. The molecule has 1 rings (SSSR count). The maximum Gasteiger partial charge on any atom is 2.00 e. The molecule has 0 bridgehead atoms. The minimum Gasteiger partial charge on any atom is -1.00 e. The molecule has 164 valence electrons. The molecule has 9 heteroatoms. The quantitative estimate of drug-likeness (QED) is 0.138. The molecule has 0 unspecified atom stereocenters. The van der Waals surface area contributed by atoms with Gasteiger partial charge in [-0.2, -0.15) is 0 Å². The monoisotopic (exact) mass is 496 g/mol. The first-order valence-electron chi connectivity index (χ1n) is 8.58. The summed E-state index contributed by atoms with van der Waals surface area (Å²) in [5.74, 6) is -10.0. The standard InChI is InChI=1S/C6F5.2C6H15P.ClH.Ni/c7-2-1-3(8)5(10)6(11)4(2)9;2*1-4-7(5-2)6-3;;/h;2*4-6H2,1-3H3;1H;/q-1;;;;+2/p-1. The second kappa shape index (κ2) is 21.2. The maximum absolute atomic E-state index is 12.0. The molecule has 0 N–H and O–H groups in total. The Balaban J connectivity index is -0.000000148. The molecule has 0 aliphatic carbocycles. The van der Waals surface area contributed by atoms with Gasteiger partial charge in [-0.1, -0.05) is 41.5 Å². The fraction of sp³-hybridized carbons (Fsp3) is 0.667. The molecule has 0 amide bonds. The van der Waals surface area contributed by atoms with Crippen molar-refractivity contribution in [1.29, 1.82) is 0 Å². The van der Waals surface area contributed by atoms with Crippen LogP contribution in [0.15, 0.2) is 0 Å². The number of benzene rings is 1. The first-order chi connectivity index (χ1) is 11.7. The molecule has 1 aromatic carbocycles. The molecular weight excluding hydrogens is 467 g/mol. The minimum absolute atomic E-state index is 0. The van der Waals surface area contributed by atoms with Crippen molar-refractivity contribution in [2.45, 2.75) is 41.5 Å². The Morgan fingerprint density at radius 1 is 0.556 bits per heavy atom. The van der Waals surface area contributed by atoms with Crippen LogP contribution >= 0.6 is 15.8 Å². The van der Waals surface area contributed by atoms with E-state index in [1.165, 1.54) is 37.0 Å². The van der Waals surface area contributed by atoms with E-state index in [0.717, 1.165) is 6.07 Å². The summed E-state index contributed by atoms with van der Waals surface area (Å²) >= 11 is 0. The van der Waals surface area contributed by atoms with E-state index in [4.69, 9.17) is 0 Å². The van der Waals surface area contributed by atoms with Crippen LogP contribution in [0, 0.1) is 35.2 Å². The number of hydrogen-bond donors (Lipinski definition) is 0. The maximum atomic E-state index is 12.0. The Morgan fingerprint density at radius 3 is 0.926 bits per heavy atom. The molecule has 1 aromatic rings. The van der Waals surface area contributed by atoms with Gasteiger partial charge < -0.3 is 12.4 Å². The zero-order valence-electron chi connectivity index (χ0n) is 16.7. The zero-order chi connectivity index (χ0) is 20.0. The summed E-state index contributed by atoms with van der Waals surface area (Å²) in [5, 5.41) is 0. The summed E-state index contributed by atoms with van der Waals surface area (Å²) in [6.45, 7) is 13.7. The van der Waals surface area contributed by atoms with E-state index in [1.807, 2.05) is 0 Å². The van der Waals surface area contributed by atoms with Crippen LogP contribution in [0.1, 0.15) is 41.5 Å². The number of halogens is 6. The van der Waals surface area contributed by atoms with Crippen molar-refractivity contribution in [1.82, 2.24) is 0 Å². The van der Waals surface area contributed by atoms with Gasteiger partial charge >= 0.3 is 16.5 Å². The van der Waals surface area contributed by atoms with Gasteiger partial charge in [0.15, 0.2) is 0 Å². The van der Waals surface area contributed by atoms with Gasteiger partial charge in [0.2, 0.25) is 0 Å². The normalized spacial score (nSPS) is 9.52. The van der Waals surface area contributed by atoms with Crippen LogP contribution < -0.4 is 12.4 Å². The first kappa shape index (κ1) is 35.0. The van der Waals surface area contributed by atoms with Gasteiger partial charge in [-0.15, -0.1) is 21.9 Å². The van der Waals surface area contributed by atoms with Crippen molar-refractivity contribution in [2.75, 3.05) is 37.0 Å². The van der Waals surface area contributed by atoms with Crippen molar-refractivity contribution in [3.05, 3.63) is 35.2 Å². The van der Waals surface area contributed by atoms with Crippen molar-refractivity contribution in [3.8, 4) is 0 Å². The topological polar surface area (TPSA) is 0 Å². The summed E-state index contributed by atoms with van der Waals surface area (Å²) in [7, 11) is 0.892. The van der Waals surface area contributed by atoms with Crippen LogP contribution in [-0.2, 0) is 16.5 Å². The van der Waals surface area contributed by atoms with Gasteiger partial charge in [-0.3, -0.25) is 8.78 Å². The SMILES string of the molecule is CCP(CC)CC.CCP(CC)CC.Fc1[c-]c(F)c(F)c(F)c1F.[Cl-].[Ni+2]. The molecule has 0 heterocycles. The van der Waals surface area contributed by atoms with Gasteiger partial charge in [0.1, 0.15) is 0 Å². The number of hydrogen-bond acceptors (Lipinski definition) is 0. The van der Waals surface area contributed by atoms with Crippen molar-refractivity contribution in [3.63, 3.8) is 0 Å². The molecule has 27 heavy (non-hydrogen) atoms. The third kappa shape index (κ3) is 15.1. The summed E-state index contributed by atoms with van der Waals surface area (Å²) in [6.07, 6.45) is 8.51. The third-order valence-corrected chi connectivity index (χ3v) is 9.04. The molecule has 0 saturated heterocycles. The van der Waals surface area contributed by atoms with E-state index in [1.54, 1.807) is 0 Å². The molecule has 0 atom stereocenters. The minimum atomic E-state index is -2.17. The Kier molecular flexibility index (Phi) is 27.5. The van der Waals surface area contributed by atoms with E-state index in [2.05, 4.69) is 41.5 Å². The van der Waals surface area contributed by atoms with Gasteiger partial charge in [-0.25, -0.2) is 13.2 Å². The summed E-state index contributed by atoms with van der Waals surface area (Å²) in [6, 6.07) is 1.02. The Labute approximate surface area is 180 Å². The molecular formula is C18H30ClF5NiP2. The molecule has 0 fully saturated rings. The second-order valence-electron chi connectivity index (χ2n) is 4.93. The number of rotatable bonds is 6. The van der Waals surface area contributed by atoms with E-state index in [9.17, 15) is 22.0 Å². The first-order valence-corrected chi connectivity index (χ1v) is 12.4. The predicted molar refractivity (Wildman–Crippen MR) is 102 cm³/mol. The Hall–Kier alpha value is 0.514. The van der Waals surface area contributed by atoms with Crippen molar-refractivity contribution in [2.24, 2.45) is 0 Å². The van der Waals surface area contributed by atoms with Crippen LogP contribution in [0.5, 0.6) is 0 Å². The van der Waals surface area contributed by atoms with Crippen LogP contribution in [0.4, 0.5) is 22.0 Å². The van der Waals surface area contributed by atoms with Crippen molar-refractivity contribution >= 4 is 15.8 Å². The molecule has 0 saturated carbocycles. The van der Waals surface area contributed by atoms with E-state index in [-0.39, 0.29) is 28.9 Å². The van der Waals surface area contributed by atoms with Gasteiger partial charge in [0, 0.05) is 0 Å². The van der Waals surface area contributed by atoms with Gasteiger partial charge in [0.05, 0.1) is 29.1 Å². The van der Waals surface area contributed by atoms with Crippen LogP contribution in [0.25, 0.3) is 0 Å². The van der Waals surface area contributed by atoms with Gasteiger partial charge in [0.25, 0.3) is 0 Å². The third-order valence-electron chi connectivity index (χ3n) is 3.67. The average molecular weight is 498 g/mol. The molecule has 0 spiro atoms. The van der Waals surface area contributed by atoms with E-state index >= 15 is 0 Å². The molecule has 0 aliphatic heterocycles. The summed E-state index contributed by atoms with van der Waals surface area (Å²) in [5.41, 5.74) is 0. The predicted octanol–water partition coefficient (Wildman–Crippen LogP) is 4.24. The smallest absolute Gasteiger partial charge is 1.00 e. The van der Waals surface area contributed by atoms with Crippen LogP contribution in [0.2, 0.25) is 0 Å².